The summed E-state index contributed by atoms with van der Waals surface area (Å²) in [6.45, 7) is 2.05. The Morgan fingerprint density at radius 1 is 1.38 bits per heavy atom. The number of rotatable bonds is 3. The second kappa shape index (κ2) is 4.40. The van der Waals surface area contributed by atoms with Gasteiger partial charge in [0.2, 0.25) is 5.82 Å². The minimum Gasteiger partial charge on any atom is -0.387 e. The Balaban J connectivity index is 2.27. The molecule has 16 heavy (non-hydrogen) atoms. The highest BCUT2D eigenvalue weighted by atomic mass is 32.1. The quantitative estimate of drug-likeness (QED) is 0.815. The third-order valence-electron chi connectivity index (χ3n) is 2.41. The molecule has 0 fully saturated rings. The highest BCUT2D eigenvalue weighted by Gasteiger charge is 2.10. The summed E-state index contributed by atoms with van der Waals surface area (Å²) in [4.78, 5) is 4.27. The van der Waals surface area contributed by atoms with Gasteiger partial charge in [0, 0.05) is 0 Å². The van der Waals surface area contributed by atoms with Crippen molar-refractivity contribution in [1.82, 2.24) is 14.8 Å². The molecule has 0 aliphatic heterocycles. The lowest BCUT2D eigenvalue weighted by molar-refractivity contribution is 0.562. The van der Waals surface area contributed by atoms with Crippen molar-refractivity contribution in [3.05, 3.63) is 48.0 Å². The molecule has 1 aromatic carbocycles. The SMILES string of the molecule is CC(c1ccccc1)n1cnc(C(N)=S)n1. The van der Waals surface area contributed by atoms with Gasteiger partial charge in [-0.1, -0.05) is 42.5 Å². The fourth-order valence-electron chi connectivity index (χ4n) is 1.46. The Morgan fingerprint density at radius 3 is 2.62 bits per heavy atom. The van der Waals surface area contributed by atoms with Crippen LogP contribution in [-0.2, 0) is 0 Å². The van der Waals surface area contributed by atoms with Crippen LogP contribution in [0.1, 0.15) is 24.4 Å². The molecule has 5 heteroatoms. The molecule has 1 atom stereocenters. The van der Waals surface area contributed by atoms with Gasteiger partial charge in [0.1, 0.15) is 11.3 Å². The van der Waals surface area contributed by atoms with Gasteiger partial charge in [0.05, 0.1) is 6.04 Å². The van der Waals surface area contributed by atoms with E-state index in [4.69, 9.17) is 18.0 Å². The van der Waals surface area contributed by atoms with Gasteiger partial charge in [-0.05, 0) is 12.5 Å². The second-order valence-corrected chi connectivity index (χ2v) is 3.94. The average Bonchev–Trinajstić information content (AvgIpc) is 2.78. The lowest BCUT2D eigenvalue weighted by Crippen LogP contribution is -2.13. The van der Waals surface area contributed by atoms with Crippen LogP contribution < -0.4 is 5.73 Å². The summed E-state index contributed by atoms with van der Waals surface area (Å²) < 4.78 is 1.75. The minimum atomic E-state index is 0.122. The number of nitrogens with two attached hydrogens (primary N) is 1. The highest BCUT2D eigenvalue weighted by molar-refractivity contribution is 7.80. The largest absolute Gasteiger partial charge is 0.387 e. The average molecular weight is 232 g/mol. The van der Waals surface area contributed by atoms with Crippen LogP contribution in [0.3, 0.4) is 0 Å². The van der Waals surface area contributed by atoms with Gasteiger partial charge in [-0.3, -0.25) is 0 Å². The third kappa shape index (κ3) is 2.09. The van der Waals surface area contributed by atoms with E-state index in [1.165, 1.54) is 5.56 Å². The molecule has 0 saturated carbocycles. The zero-order chi connectivity index (χ0) is 11.5. The van der Waals surface area contributed by atoms with Crippen LogP contribution >= 0.6 is 12.2 Å². The van der Waals surface area contributed by atoms with Crippen molar-refractivity contribution in [2.45, 2.75) is 13.0 Å². The van der Waals surface area contributed by atoms with E-state index in [9.17, 15) is 0 Å². The molecule has 1 unspecified atom stereocenters. The first-order valence-electron chi connectivity index (χ1n) is 4.94. The minimum absolute atomic E-state index is 0.122. The molecule has 0 aliphatic rings. The molecule has 4 nitrogen and oxygen atoms in total. The molecular weight excluding hydrogens is 220 g/mol. The number of thiocarbonyl (C=S) groups is 1. The molecule has 0 spiro atoms. The summed E-state index contributed by atoms with van der Waals surface area (Å²) in [6.07, 6.45) is 1.64. The zero-order valence-electron chi connectivity index (χ0n) is 8.87. The molecular formula is C11H12N4S. The first-order chi connectivity index (χ1) is 7.68. The Morgan fingerprint density at radius 2 is 2.06 bits per heavy atom. The molecule has 0 saturated heterocycles. The van der Waals surface area contributed by atoms with Crippen molar-refractivity contribution < 1.29 is 0 Å². The van der Waals surface area contributed by atoms with Crippen molar-refractivity contribution in [2.24, 2.45) is 5.73 Å². The van der Waals surface area contributed by atoms with Crippen LogP contribution in [0.25, 0.3) is 0 Å². The monoisotopic (exact) mass is 232 g/mol. The maximum absolute atomic E-state index is 5.46. The van der Waals surface area contributed by atoms with Crippen LogP contribution in [0.15, 0.2) is 36.7 Å². The molecule has 0 radical (unpaired) electrons. The van der Waals surface area contributed by atoms with E-state index in [1.807, 2.05) is 37.3 Å². The lowest BCUT2D eigenvalue weighted by Gasteiger charge is -2.11. The van der Waals surface area contributed by atoms with Gasteiger partial charge in [-0.15, -0.1) is 5.10 Å². The van der Waals surface area contributed by atoms with E-state index in [-0.39, 0.29) is 11.0 Å². The van der Waals surface area contributed by atoms with Crippen molar-refractivity contribution in [3.8, 4) is 0 Å². The standard InChI is InChI=1S/C11H12N4S/c1-8(9-5-3-2-4-6-9)15-7-13-11(14-15)10(12)16/h2-8H,1H3,(H2,12,16). The molecule has 82 valence electrons. The Bertz CT molecular complexity index is 492. The molecule has 0 aliphatic carbocycles. The Labute approximate surface area is 99.1 Å². The summed E-state index contributed by atoms with van der Waals surface area (Å²) in [6, 6.07) is 10.2. The Kier molecular flexibility index (Phi) is 2.96. The number of hydrogen-bond acceptors (Lipinski definition) is 3. The number of nitrogens with zero attached hydrogens (tertiary/aromatic N) is 3. The van der Waals surface area contributed by atoms with Crippen molar-refractivity contribution in [1.29, 1.82) is 0 Å². The highest BCUT2D eigenvalue weighted by Crippen LogP contribution is 2.15. The smallest absolute Gasteiger partial charge is 0.208 e. The normalized spacial score (nSPS) is 12.3. The molecule has 2 rings (SSSR count). The number of aromatic nitrogens is 3. The molecule has 2 aromatic rings. The Hall–Kier alpha value is -1.75. The zero-order valence-corrected chi connectivity index (χ0v) is 9.69. The van der Waals surface area contributed by atoms with Gasteiger partial charge < -0.3 is 5.73 Å². The topological polar surface area (TPSA) is 56.7 Å². The van der Waals surface area contributed by atoms with Crippen LogP contribution in [0.2, 0.25) is 0 Å². The summed E-state index contributed by atoms with van der Waals surface area (Å²) in [5, 5.41) is 4.23. The molecule has 1 aromatic heterocycles. The summed E-state index contributed by atoms with van der Waals surface area (Å²) in [7, 11) is 0. The summed E-state index contributed by atoms with van der Waals surface area (Å²) in [5.74, 6) is 0.415. The first kappa shape index (κ1) is 10.8. The predicted molar refractivity (Wildman–Crippen MR) is 66.2 cm³/mol. The fourth-order valence-corrected chi connectivity index (χ4v) is 1.55. The molecule has 0 amide bonds. The van der Waals surface area contributed by atoms with Gasteiger partial charge in [0.15, 0.2) is 0 Å². The molecule has 0 bridgehead atoms. The van der Waals surface area contributed by atoms with E-state index in [0.717, 1.165) is 0 Å². The third-order valence-corrected chi connectivity index (χ3v) is 2.59. The van der Waals surface area contributed by atoms with Gasteiger partial charge >= 0.3 is 0 Å². The molecule has 1 heterocycles. The van der Waals surface area contributed by atoms with E-state index >= 15 is 0 Å². The van der Waals surface area contributed by atoms with E-state index in [0.29, 0.717) is 5.82 Å². The first-order valence-corrected chi connectivity index (χ1v) is 5.35. The second-order valence-electron chi connectivity index (χ2n) is 3.50. The maximum atomic E-state index is 5.46. The van der Waals surface area contributed by atoms with Gasteiger partial charge in [0.25, 0.3) is 0 Å². The number of hydrogen-bond donors (Lipinski definition) is 1. The van der Waals surface area contributed by atoms with Crippen LogP contribution in [0, 0.1) is 0 Å². The van der Waals surface area contributed by atoms with Gasteiger partial charge in [-0.25, -0.2) is 9.67 Å². The van der Waals surface area contributed by atoms with E-state index in [2.05, 4.69) is 10.1 Å². The summed E-state index contributed by atoms with van der Waals surface area (Å²) in [5.41, 5.74) is 6.63. The fraction of sp³-hybridized carbons (Fsp3) is 0.182. The summed E-state index contributed by atoms with van der Waals surface area (Å²) >= 11 is 4.82. The maximum Gasteiger partial charge on any atom is 0.208 e. The van der Waals surface area contributed by atoms with Crippen LogP contribution in [0.4, 0.5) is 0 Å². The van der Waals surface area contributed by atoms with Crippen LogP contribution in [-0.4, -0.2) is 19.8 Å². The van der Waals surface area contributed by atoms with Crippen LogP contribution in [0.5, 0.6) is 0 Å². The predicted octanol–water partition coefficient (Wildman–Crippen LogP) is 1.52. The lowest BCUT2D eigenvalue weighted by atomic mass is 10.1. The number of benzene rings is 1. The van der Waals surface area contributed by atoms with Crippen molar-refractivity contribution in [2.75, 3.05) is 0 Å². The molecule has 2 N–H and O–H groups in total. The van der Waals surface area contributed by atoms with E-state index in [1.54, 1.807) is 11.0 Å². The van der Waals surface area contributed by atoms with Crippen molar-refractivity contribution in [3.63, 3.8) is 0 Å². The van der Waals surface area contributed by atoms with Crippen molar-refractivity contribution >= 4 is 17.2 Å². The van der Waals surface area contributed by atoms with Gasteiger partial charge in [-0.2, -0.15) is 0 Å². The van der Waals surface area contributed by atoms with E-state index < -0.39 is 0 Å².